The van der Waals surface area contributed by atoms with Crippen molar-refractivity contribution in [3.63, 3.8) is 0 Å². The van der Waals surface area contributed by atoms with Crippen LogP contribution in [0, 0.1) is 0 Å². The van der Waals surface area contributed by atoms with Gasteiger partial charge >= 0.3 is 11.9 Å². The fraction of sp³-hybridized carbons (Fsp3) is 0.875. The van der Waals surface area contributed by atoms with E-state index in [1.807, 2.05) is 0 Å². The lowest BCUT2D eigenvalue weighted by Crippen LogP contribution is -2.37. The van der Waals surface area contributed by atoms with Crippen LogP contribution in [0.1, 0.15) is 39.0 Å². The third kappa shape index (κ3) is 18.9. The van der Waals surface area contributed by atoms with Gasteiger partial charge in [-0.05, 0) is 19.4 Å². The Labute approximate surface area is 149 Å². The van der Waals surface area contributed by atoms with E-state index in [-0.39, 0.29) is 32.7 Å². The topological polar surface area (TPSA) is 151 Å². The van der Waals surface area contributed by atoms with Crippen LogP contribution >= 0.6 is 0 Å². The number of hydrogen-bond donors (Lipinski definition) is 6. The maximum absolute atomic E-state index is 10.7. The summed E-state index contributed by atoms with van der Waals surface area (Å²) in [5, 5.41) is 45.5. The van der Waals surface area contributed by atoms with Crippen molar-refractivity contribution in [3.05, 3.63) is 0 Å². The van der Waals surface area contributed by atoms with Crippen molar-refractivity contribution in [1.82, 2.24) is 10.2 Å². The molecule has 0 heterocycles. The summed E-state index contributed by atoms with van der Waals surface area (Å²) in [6.45, 7) is 4.45. The number of carboxylic acid groups (broad SMARTS) is 2. The lowest BCUT2D eigenvalue weighted by atomic mass is 10.1. The Kier molecular flexibility index (Phi) is 19.8. The maximum atomic E-state index is 10.7. The van der Waals surface area contributed by atoms with E-state index < -0.39 is 18.0 Å². The van der Waals surface area contributed by atoms with E-state index in [1.54, 1.807) is 4.90 Å². The molecule has 0 unspecified atom stereocenters. The minimum absolute atomic E-state index is 0.0694. The number of nitrogens with one attached hydrogen (secondary N) is 1. The molecule has 0 aliphatic rings. The summed E-state index contributed by atoms with van der Waals surface area (Å²) < 4.78 is 0. The Morgan fingerprint density at radius 3 is 1.84 bits per heavy atom. The summed E-state index contributed by atoms with van der Waals surface area (Å²) in [6.07, 6.45) is 3.08. The van der Waals surface area contributed by atoms with Gasteiger partial charge in [0.1, 0.15) is 6.04 Å². The van der Waals surface area contributed by atoms with Crippen molar-refractivity contribution in [2.75, 3.05) is 46.0 Å². The van der Waals surface area contributed by atoms with Gasteiger partial charge in [-0.15, -0.1) is 0 Å². The summed E-state index contributed by atoms with van der Waals surface area (Å²) in [5.74, 6) is -1.94. The maximum Gasteiger partial charge on any atom is 0.320 e. The molecule has 0 saturated carbocycles. The van der Waals surface area contributed by atoms with E-state index in [0.717, 1.165) is 19.3 Å². The number of aliphatic hydroxyl groups excluding tert-OH is 3. The fourth-order valence-electron chi connectivity index (χ4n) is 1.99. The molecule has 0 saturated heterocycles. The molecule has 0 bridgehead atoms. The number of rotatable bonds is 15. The Morgan fingerprint density at radius 2 is 1.48 bits per heavy atom. The minimum Gasteiger partial charge on any atom is -0.481 e. The van der Waals surface area contributed by atoms with Gasteiger partial charge in [-0.2, -0.15) is 0 Å². The molecule has 9 heteroatoms. The van der Waals surface area contributed by atoms with E-state index in [9.17, 15) is 9.59 Å². The van der Waals surface area contributed by atoms with Crippen LogP contribution in [0.5, 0.6) is 0 Å². The Balaban J connectivity index is 0. The zero-order valence-corrected chi connectivity index (χ0v) is 15.1. The van der Waals surface area contributed by atoms with Crippen molar-refractivity contribution >= 4 is 11.9 Å². The lowest BCUT2D eigenvalue weighted by molar-refractivity contribution is -0.140. The molecule has 6 N–H and O–H groups in total. The van der Waals surface area contributed by atoms with E-state index in [4.69, 9.17) is 25.5 Å². The number of carbonyl (C=O) groups is 2. The predicted molar refractivity (Wildman–Crippen MR) is 93.5 cm³/mol. The van der Waals surface area contributed by atoms with E-state index in [2.05, 4.69) is 12.2 Å². The van der Waals surface area contributed by atoms with Crippen LogP contribution in [0.25, 0.3) is 0 Å². The molecule has 0 aromatic rings. The number of hydrogen-bond acceptors (Lipinski definition) is 7. The molecule has 0 aliphatic heterocycles. The molecule has 0 radical (unpaired) electrons. The highest BCUT2D eigenvalue weighted by Gasteiger charge is 2.17. The number of unbranched alkanes of at least 4 members (excludes halogenated alkanes) is 2. The van der Waals surface area contributed by atoms with Crippen molar-refractivity contribution in [2.24, 2.45) is 0 Å². The second kappa shape index (κ2) is 19.1. The number of nitrogens with zero attached hydrogens (tertiary/aromatic N) is 1. The van der Waals surface area contributed by atoms with Gasteiger partial charge < -0.3 is 30.8 Å². The van der Waals surface area contributed by atoms with Crippen molar-refractivity contribution in [3.8, 4) is 0 Å². The fourth-order valence-corrected chi connectivity index (χ4v) is 1.99. The molecule has 9 nitrogen and oxygen atoms in total. The van der Waals surface area contributed by atoms with Gasteiger partial charge in [-0.25, -0.2) is 0 Å². The first-order valence-corrected chi connectivity index (χ1v) is 8.65. The van der Waals surface area contributed by atoms with Gasteiger partial charge in [0, 0.05) is 26.1 Å². The third-order valence-corrected chi connectivity index (χ3v) is 3.36. The number of aliphatic carboxylic acids is 2. The molecule has 0 rings (SSSR count). The van der Waals surface area contributed by atoms with Gasteiger partial charge in [-0.3, -0.25) is 14.5 Å². The quantitative estimate of drug-likeness (QED) is 0.208. The normalized spacial score (nSPS) is 11.7. The lowest BCUT2D eigenvalue weighted by Gasteiger charge is -2.17. The third-order valence-electron chi connectivity index (χ3n) is 3.36. The first-order chi connectivity index (χ1) is 11.9. The molecule has 0 aromatic carbocycles. The monoisotopic (exact) mass is 366 g/mol. The highest BCUT2D eigenvalue weighted by atomic mass is 16.4. The SMILES string of the molecule is CCCCCN[C@@H](CCC(=O)O)C(=O)O.OCCN(CCO)CCO. The molecule has 0 aromatic heterocycles. The molecule has 1 atom stereocenters. The number of carboxylic acids is 2. The summed E-state index contributed by atoms with van der Waals surface area (Å²) in [7, 11) is 0. The highest BCUT2D eigenvalue weighted by molar-refractivity contribution is 5.75. The first-order valence-electron chi connectivity index (χ1n) is 8.65. The smallest absolute Gasteiger partial charge is 0.320 e. The Morgan fingerprint density at radius 1 is 0.960 bits per heavy atom. The second-order valence-corrected chi connectivity index (χ2v) is 5.50. The molecule has 0 aliphatic carbocycles. The average molecular weight is 366 g/mol. The molecule has 0 fully saturated rings. The standard InChI is InChI=1S/C10H19NO4.C6H15NO3/c1-2-3-4-7-11-8(10(14)15)5-6-9(12)13;8-4-1-7(2-5-9)3-6-10/h8,11H,2-7H2,1H3,(H,12,13)(H,14,15);8-10H,1-6H2/t8-;/m0./s1. The van der Waals surface area contributed by atoms with Gasteiger partial charge in [0.25, 0.3) is 0 Å². The highest BCUT2D eigenvalue weighted by Crippen LogP contribution is 1.99. The molecular formula is C16H34N2O7. The van der Waals surface area contributed by atoms with Crippen LogP contribution in [0.4, 0.5) is 0 Å². The van der Waals surface area contributed by atoms with Crippen LogP contribution in [-0.4, -0.2) is 94.4 Å². The van der Waals surface area contributed by atoms with Crippen LogP contribution in [0.3, 0.4) is 0 Å². The summed E-state index contributed by atoms with van der Waals surface area (Å²) >= 11 is 0. The van der Waals surface area contributed by atoms with Crippen LogP contribution in [0.15, 0.2) is 0 Å². The molecule has 150 valence electrons. The molecule has 25 heavy (non-hydrogen) atoms. The van der Waals surface area contributed by atoms with Crippen LogP contribution in [0.2, 0.25) is 0 Å². The van der Waals surface area contributed by atoms with Gasteiger partial charge in [0.05, 0.1) is 19.8 Å². The Hall–Kier alpha value is -1.26. The van der Waals surface area contributed by atoms with Crippen LogP contribution < -0.4 is 5.32 Å². The molecular weight excluding hydrogens is 332 g/mol. The van der Waals surface area contributed by atoms with E-state index in [0.29, 0.717) is 26.2 Å². The van der Waals surface area contributed by atoms with E-state index in [1.165, 1.54) is 0 Å². The summed E-state index contributed by atoms with van der Waals surface area (Å²) in [4.78, 5) is 22.8. The second-order valence-electron chi connectivity index (χ2n) is 5.50. The summed E-state index contributed by atoms with van der Waals surface area (Å²) in [6, 6.07) is -0.738. The zero-order chi connectivity index (χ0) is 19.5. The largest absolute Gasteiger partial charge is 0.481 e. The molecule has 0 amide bonds. The average Bonchev–Trinajstić information content (AvgIpc) is 2.55. The van der Waals surface area contributed by atoms with Gasteiger partial charge in [-0.1, -0.05) is 19.8 Å². The van der Waals surface area contributed by atoms with Crippen molar-refractivity contribution in [2.45, 2.75) is 45.1 Å². The summed E-state index contributed by atoms with van der Waals surface area (Å²) in [5.41, 5.74) is 0. The predicted octanol–water partition coefficient (Wildman–Crippen LogP) is -0.650. The van der Waals surface area contributed by atoms with Crippen LogP contribution in [-0.2, 0) is 9.59 Å². The minimum atomic E-state index is -0.979. The van der Waals surface area contributed by atoms with Crippen molar-refractivity contribution in [1.29, 1.82) is 0 Å². The number of aliphatic hydroxyl groups is 3. The Bertz CT molecular complexity index is 315. The van der Waals surface area contributed by atoms with Gasteiger partial charge in [0.2, 0.25) is 0 Å². The van der Waals surface area contributed by atoms with Crippen molar-refractivity contribution < 1.29 is 35.1 Å². The van der Waals surface area contributed by atoms with Gasteiger partial charge in [0.15, 0.2) is 0 Å². The molecule has 0 spiro atoms. The van der Waals surface area contributed by atoms with E-state index >= 15 is 0 Å². The zero-order valence-electron chi connectivity index (χ0n) is 15.1. The first kappa shape index (κ1) is 26.0.